The maximum Gasteiger partial charge on any atom is -0.000655 e. The smallest absolute Gasteiger partial charge is 0.000655 e. The Labute approximate surface area is 82.9 Å². The van der Waals surface area contributed by atoms with Crippen LogP contribution in [0.15, 0.2) is 0 Å². The van der Waals surface area contributed by atoms with Crippen molar-refractivity contribution in [3.8, 4) is 0 Å². The van der Waals surface area contributed by atoms with Gasteiger partial charge >= 0.3 is 0 Å². The fraction of sp³-hybridized carbons (Fsp3) is 1.00. The maximum atomic E-state index is 2.60. The lowest BCUT2D eigenvalue weighted by atomic mass is 10.3. The molecule has 1 saturated heterocycles. The first-order chi connectivity index (χ1) is 6.33. The number of rotatable bonds is 6. The zero-order valence-corrected chi connectivity index (χ0v) is 9.26. The lowest BCUT2D eigenvalue weighted by Crippen LogP contribution is -2.26. The average molecular weight is 184 g/mol. The molecule has 0 aromatic heterocycles. The molecule has 1 aliphatic rings. The van der Waals surface area contributed by atoms with E-state index < -0.39 is 0 Å². The van der Waals surface area contributed by atoms with E-state index in [0.29, 0.717) is 0 Å². The molecule has 2 nitrogen and oxygen atoms in total. The van der Waals surface area contributed by atoms with Crippen molar-refractivity contribution in [3.63, 3.8) is 0 Å². The molecule has 0 saturated carbocycles. The molecule has 1 aliphatic heterocycles. The third-order valence-electron chi connectivity index (χ3n) is 2.82. The van der Waals surface area contributed by atoms with E-state index >= 15 is 0 Å². The lowest BCUT2D eigenvalue weighted by molar-refractivity contribution is 0.280. The Kier molecular flexibility index (Phi) is 5.40. The third-order valence-corrected chi connectivity index (χ3v) is 2.82. The minimum Gasteiger partial charge on any atom is -0.306 e. The van der Waals surface area contributed by atoms with Crippen LogP contribution in [-0.2, 0) is 0 Å². The predicted octanol–water partition coefficient (Wildman–Crippen LogP) is 1.81. The zero-order valence-electron chi connectivity index (χ0n) is 9.26. The van der Waals surface area contributed by atoms with Crippen molar-refractivity contribution in [1.82, 2.24) is 9.80 Å². The molecule has 13 heavy (non-hydrogen) atoms. The fourth-order valence-corrected chi connectivity index (χ4v) is 2.06. The van der Waals surface area contributed by atoms with Gasteiger partial charge in [0.2, 0.25) is 0 Å². The molecule has 0 bridgehead atoms. The molecule has 1 rings (SSSR count). The summed E-state index contributed by atoms with van der Waals surface area (Å²) in [6.07, 6.45) is 5.46. The average Bonchev–Trinajstić information content (AvgIpc) is 2.57. The van der Waals surface area contributed by atoms with E-state index in [-0.39, 0.29) is 0 Å². The molecule has 0 amide bonds. The molecule has 0 atom stereocenters. The zero-order chi connectivity index (χ0) is 9.52. The van der Waals surface area contributed by atoms with Gasteiger partial charge < -0.3 is 9.80 Å². The highest BCUT2D eigenvalue weighted by atomic mass is 15.1. The highest BCUT2D eigenvalue weighted by molar-refractivity contribution is 4.66. The van der Waals surface area contributed by atoms with Gasteiger partial charge in [0.05, 0.1) is 0 Å². The highest BCUT2D eigenvalue weighted by Gasteiger charge is 2.10. The van der Waals surface area contributed by atoms with E-state index in [1.54, 1.807) is 0 Å². The largest absolute Gasteiger partial charge is 0.306 e. The van der Waals surface area contributed by atoms with Crippen LogP contribution >= 0.6 is 0 Å². The van der Waals surface area contributed by atoms with Crippen LogP contribution in [0.1, 0.15) is 32.6 Å². The van der Waals surface area contributed by atoms with Gasteiger partial charge in [0, 0.05) is 0 Å². The van der Waals surface area contributed by atoms with E-state index in [1.807, 2.05) is 0 Å². The van der Waals surface area contributed by atoms with Gasteiger partial charge in [-0.25, -0.2) is 0 Å². The Bertz CT molecular complexity index is 119. The molecule has 0 aromatic rings. The number of hydrogen-bond donors (Lipinski definition) is 0. The Morgan fingerprint density at radius 3 is 2.46 bits per heavy atom. The van der Waals surface area contributed by atoms with Crippen molar-refractivity contribution in [3.05, 3.63) is 0 Å². The first-order valence-corrected chi connectivity index (χ1v) is 5.74. The van der Waals surface area contributed by atoms with Crippen LogP contribution in [0.5, 0.6) is 0 Å². The van der Waals surface area contributed by atoms with Crippen molar-refractivity contribution in [1.29, 1.82) is 0 Å². The van der Waals surface area contributed by atoms with Gasteiger partial charge in [-0.3, -0.25) is 0 Å². The summed E-state index contributed by atoms with van der Waals surface area (Å²) in [5.74, 6) is 0. The summed E-state index contributed by atoms with van der Waals surface area (Å²) in [7, 11) is 2.23. The molecule has 0 aliphatic carbocycles. The SMILES string of the molecule is CCCN(C)CCCN1CCCC1. The van der Waals surface area contributed by atoms with Crippen LogP contribution in [-0.4, -0.2) is 49.6 Å². The Balaban J connectivity index is 1.93. The van der Waals surface area contributed by atoms with Crippen molar-refractivity contribution in [2.24, 2.45) is 0 Å². The van der Waals surface area contributed by atoms with Gasteiger partial charge in [-0.15, -0.1) is 0 Å². The monoisotopic (exact) mass is 184 g/mol. The molecule has 78 valence electrons. The summed E-state index contributed by atoms with van der Waals surface area (Å²) in [6, 6.07) is 0. The van der Waals surface area contributed by atoms with Crippen molar-refractivity contribution < 1.29 is 0 Å². The van der Waals surface area contributed by atoms with Crippen molar-refractivity contribution >= 4 is 0 Å². The van der Waals surface area contributed by atoms with Gasteiger partial charge in [0.25, 0.3) is 0 Å². The van der Waals surface area contributed by atoms with Gasteiger partial charge in [0.15, 0.2) is 0 Å². The molecule has 0 N–H and O–H groups in total. The Morgan fingerprint density at radius 2 is 1.85 bits per heavy atom. The topological polar surface area (TPSA) is 6.48 Å². The summed E-state index contributed by atoms with van der Waals surface area (Å²) >= 11 is 0. The molecule has 0 aromatic carbocycles. The minimum absolute atomic E-state index is 1.25. The first kappa shape index (κ1) is 11.0. The summed E-state index contributed by atoms with van der Waals surface area (Å²) in [5.41, 5.74) is 0. The molecule has 1 heterocycles. The van der Waals surface area contributed by atoms with Crippen LogP contribution < -0.4 is 0 Å². The predicted molar refractivity (Wildman–Crippen MR) is 58.1 cm³/mol. The second kappa shape index (κ2) is 6.39. The molecule has 0 spiro atoms. The fourth-order valence-electron chi connectivity index (χ4n) is 2.06. The normalized spacial score (nSPS) is 18.7. The van der Waals surface area contributed by atoms with E-state index in [9.17, 15) is 0 Å². The highest BCUT2D eigenvalue weighted by Crippen LogP contribution is 2.07. The van der Waals surface area contributed by atoms with Crippen LogP contribution in [0, 0.1) is 0 Å². The van der Waals surface area contributed by atoms with E-state index in [4.69, 9.17) is 0 Å². The van der Waals surface area contributed by atoms with Crippen LogP contribution in [0.25, 0.3) is 0 Å². The van der Waals surface area contributed by atoms with Gasteiger partial charge in [-0.05, 0) is 65.5 Å². The van der Waals surface area contributed by atoms with Crippen LogP contribution in [0.4, 0.5) is 0 Å². The quantitative estimate of drug-likeness (QED) is 0.621. The van der Waals surface area contributed by atoms with Gasteiger partial charge in [-0.1, -0.05) is 6.92 Å². The molecular formula is C11H24N2. The molecular weight excluding hydrogens is 160 g/mol. The molecule has 0 unspecified atom stereocenters. The number of hydrogen-bond acceptors (Lipinski definition) is 2. The summed E-state index contributed by atoms with van der Waals surface area (Å²) in [4.78, 5) is 5.04. The number of likely N-dealkylation sites (tertiary alicyclic amines) is 1. The maximum absolute atomic E-state index is 2.60. The second-order valence-corrected chi connectivity index (χ2v) is 4.21. The van der Waals surface area contributed by atoms with E-state index in [1.165, 1.54) is 58.4 Å². The van der Waals surface area contributed by atoms with Gasteiger partial charge in [-0.2, -0.15) is 0 Å². The van der Waals surface area contributed by atoms with Crippen LogP contribution in [0.3, 0.4) is 0 Å². The van der Waals surface area contributed by atoms with Crippen molar-refractivity contribution in [2.75, 3.05) is 39.8 Å². The molecule has 0 radical (unpaired) electrons. The Hall–Kier alpha value is -0.0800. The van der Waals surface area contributed by atoms with Crippen LogP contribution in [0.2, 0.25) is 0 Å². The number of nitrogens with zero attached hydrogens (tertiary/aromatic N) is 2. The standard InChI is InChI=1S/C11H24N2/c1-3-7-12(2)8-6-11-13-9-4-5-10-13/h3-11H2,1-2H3. The first-order valence-electron chi connectivity index (χ1n) is 5.74. The minimum atomic E-state index is 1.25. The van der Waals surface area contributed by atoms with Crippen molar-refractivity contribution in [2.45, 2.75) is 32.6 Å². The van der Waals surface area contributed by atoms with E-state index in [2.05, 4.69) is 23.8 Å². The Morgan fingerprint density at radius 1 is 1.15 bits per heavy atom. The van der Waals surface area contributed by atoms with Gasteiger partial charge in [0.1, 0.15) is 0 Å². The summed E-state index contributed by atoms with van der Waals surface area (Å²) < 4.78 is 0. The molecule has 2 heteroatoms. The van der Waals surface area contributed by atoms with E-state index in [0.717, 1.165) is 0 Å². The molecule has 1 fully saturated rings. The summed E-state index contributed by atoms with van der Waals surface area (Å²) in [6.45, 7) is 8.77. The second-order valence-electron chi connectivity index (χ2n) is 4.21. The summed E-state index contributed by atoms with van der Waals surface area (Å²) in [5, 5.41) is 0. The lowest BCUT2D eigenvalue weighted by Gasteiger charge is -2.18. The third kappa shape index (κ3) is 4.63.